The smallest absolute Gasteiger partial charge is 0.295 e. The standard InChI is InChI=1S/C28H36N2O6/c1-5-8-17-36-21-12-9-19(10-13-21)26(32)24-25(20-11-14-22(31)23(18-20)35-4)30(28(34)27(24)33)16-15-29(6-2)7-3/h9-14,18,25,31-32H,5-8,15-17H2,1-4H3/t25-/m0/s1. The third-order valence-corrected chi connectivity index (χ3v) is 6.51. The molecule has 0 bridgehead atoms. The molecular formula is C28H36N2O6. The van der Waals surface area contributed by atoms with Gasteiger partial charge in [-0.25, -0.2) is 0 Å². The number of carbonyl (C=O) groups excluding carboxylic acids is 2. The van der Waals surface area contributed by atoms with Gasteiger partial charge in [0, 0.05) is 18.7 Å². The zero-order chi connectivity index (χ0) is 26.2. The van der Waals surface area contributed by atoms with E-state index in [0.29, 0.717) is 36.6 Å². The molecule has 0 aliphatic carbocycles. The van der Waals surface area contributed by atoms with Crippen molar-refractivity contribution < 1.29 is 29.3 Å². The molecule has 0 unspecified atom stereocenters. The molecule has 1 aliphatic heterocycles. The minimum atomic E-state index is -0.824. The Balaban J connectivity index is 2.04. The molecule has 1 saturated heterocycles. The summed E-state index contributed by atoms with van der Waals surface area (Å²) in [6.45, 7) is 9.27. The first-order valence-corrected chi connectivity index (χ1v) is 12.5. The van der Waals surface area contributed by atoms with Crippen LogP contribution in [0.4, 0.5) is 0 Å². The van der Waals surface area contributed by atoms with Gasteiger partial charge >= 0.3 is 0 Å². The largest absolute Gasteiger partial charge is 0.507 e. The fourth-order valence-electron chi connectivity index (χ4n) is 4.31. The predicted octanol–water partition coefficient (Wildman–Crippen LogP) is 4.34. The number of aliphatic hydroxyl groups is 1. The molecule has 0 aromatic heterocycles. The van der Waals surface area contributed by atoms with Crippen molar-refractivity contribution in [1.82, 2.24) is 9.80 Å². The SMILES string of the molecule is CCCCOc1ccc(C(O)=C2C(=O)C(=O)N(CCN(CC)CC)[C@H]2c2ccc(O)c(OC)c2)cc1. The van der Waals surface area contributed by atoms with Gasteiger partial charge in [-0.1, -0.05) is 33.3 Å². The number of likely N-dealkylation sites (N-methyl/N-ethyl adjacent to an activating group) is 1. The molecule has 1 aliphatic rings. The number of hydrogen-bond acceptors (Lipinski definition) is 7. The summed E-state index contributed by atoms with van der Waals surface area (Å²) in [5, 5.41) is 21.4. The number of methoxy groups -OCH3 is 1. The number of nitrogens with zero attached hydrogens (tertiary/aromatic N) is 2. The molecule has 0 radical (unpaired) electrons. The summed E-state index contributed by atoms with van der Waals surface area (Å²) in [7, 11) is 1.43. The molecule has 0 spiro atoms. The number of likely N-dealkylation sites (tertiary alicyclic amines) is 1. The molecule has 0 saturated carbocycles. The van der Waals surface area contributed by atoms with Gasteiger partial charge in [0.15, 0.2) is 11.5 Å². The highest BCUT2D eigenvalue weighted by molar-refractivity contribution is 6.46. The molecule has 1 amide bonds. The van der Waals surface area contributed by atoms with Crippen LogP contribution in [0.1, 0.15) is 50.8 Å². The van der Waals surface area contributed by atoms with E-state index in [4.69, 9.17) is 9.47 Å². The lowest BCUT2D eigenvalue weighted by Crippen LogP contribution is -2.38. The lowest BCUT2D eigenvalue weighted by atomic mass is 9.95. The van der Waals surface area contributed by atoms with Crippen molar-refractivity contribution in [3.63, 3.8) is 0 Å². The highest BCUT2D eigenvalue weighted by Crippen LogP contribution is 2.41. The molecule has 3 rings (SSSR count). The molecule has 8 heteroatoms. The van der Waals surface area contributed by atoms with Gasteiger partial charge in [-0.15, -0.1) is 0 Å². The quantitative estimate of drug-likeness (QED) is 0.195. The number of unbranched alkanes of at least 4 members (excludes halogenated alkanes) is 1. The lowest BCUT2D eigenvalue weighted by Gasteiger charge is -2.28. The van der Waals surface area contributed by atoms with Crippen LogP contribution in [0.3, 0.4) is 0 Å². The van der Waals surface area contributed by atoms with E-state index in [9.17, 15) is 19.8 Å². The van der Waals surface area contributed by atoms with Gasteiger partial charge < -0.3 is 29.5 Å². The summed E-state index contributed by atoms with van der Waals surface area (Å²) in [5.41, 5.74) is 0.978. The summed E-state index contributed by atoms with van der Waals surface area (Å²) >= 11 is 0. The second-order valence-electron chi connectivity index (χ2n) is 8.68. The van der Waals surface area contributed by atoms with Crippen molar-refractivity contribution in [2.24, 2.45) is 0 Å². The Kier molecular flexibility index (Phi) is 9.36. The normalized spacial score (nSPS) is 17.1. The van der Waals surface area contributed by atoms with Gasteiger partial charge in [-0.2, -0.15) is 0 Å². The molecule has 1 heterocycles. The molecule has 8 nitrogen and oxygen atoms in total. The number of benzene rings is 2. The topological polar surface area (TPSA) is 99.5 Å². The maximum absolute atomic E-state index is 13.2. The number of Topliss-reactive ketones (excluding diaryl/α,β-unsaturated/α-hetero) is 1. The van der Waals surface area contributed by atoms with Crippen molar-refractivity contribution in [3.05, 3.63) is 59.2 Å². The Morgan fingerprint density at radius 1 is 1.06 bits per heavy atom. The van der Waals surface area contributed by atoms with E-state index in [1.807, 2.05) is 13.8 Å². The predicted molar refractivity (Wildman–Crippen MR) is 138 cm³/mol. The molecule has 2 aromatic rings. The lowest BCUT2D eigenvalue weighted by molar-refractivity contribution is -0.140. The van der Waals surface area contributed by atoms with Crippen molar-refractivity contribution in [2.45, 2.75) is 39.7 Å². The van der Waals surface area contributed by atoms with Crippen LogP contribution in [0.15, 0.2) is 48.0 Å². The van der Waals surface area contributed by atoms with Gasteiger partial charge in [-0.05, 0) is 61.5 Å². The van der Waals surface area contributed by atoms with Crippen LogP contribution < -0.4 is 9.47 Å². The maximum atomic E-state index is 13.2. The number of rotatable bonds is 12. The van der Waals surface area contributed by atoms with Gasteiger partial charge in [0.2, 0.25) is 0 Å². The Morgan fingerprint density at radius 2 is 1.75 bits per heavy atom. The Labute approximate surface area is 212 Å². The van der Waals surface area contributed by atoms with Gasteiger partial charge in [-0.3, -0.25) is 9.59 Å². The third-order valence-electron chi connectivity index (χ3n) is 6.51. The highest BCUT2D eigenvalue weighted by Gasteiger charge is 2.46. The molecular weight excluding hydrogens is 460 g/mol. The second kappa shape index (κ2) is 12.4. The fourth-order valence-corrected chi connectivity index (χ4v) is 4.31. The number of amides is 1. The van der Waals surface area contributed by atoms with Crippen LogP contribution in [-0.4, -0.2) is 71.6 Å². The summed E-state index contributed by atoms with van der Waals surface area (Å²) in [4.78, 5) is 30.0. The van der Waals surface area contributed by atoms with Gasteiger partial charge in [0.1, 0.15) is 11.5 Å². The third kappa shape index (κ3) is 5.82. The first kappa shape index (κ1) is 27.1. The second-order valence-corrected chi connectivity index (χ2v) is 8.68. The number of aliphatic hydroxyl groups excluding tert-OH is 1. The summed E-state index contributed by atoms with van der Waals surface area (Å²) in [6.07, 6.45) is 1.96. The summed E-state index contributed by atoms with van der Waals surface area (Å²) < 4.78 is 11.0. The van der Waals surface area contributed by atoms with E-state index < -0.39 is 17.7 Å². The first-order valence-electron chi connectivity index (χ1n) is 12.5. The molecule has 2 N–H and O–H groups in total. The van der Waals surface area contributed by atoms with Crippen molar-refractivity contribution >= 4 is 17.4 Å². The molecule has 36 heavy (non-hydrogen) atoms. The van der Waals surface area contributed by atoms with E-state index in [2.05, 4.69) is 11.8 Å². The number of carbonyl (C=O) groups is 2. The Morgan fingerprint density at radius 3 is 2.36 bits per heavy atom. The first-order chi connectivity index (χ1) is 17.4. The van der Waals surface area contributed by atoms with Crippen molar-refractivity contribution in [2.75, 3.05) is 39.9 Å². The van der Waals surface area contributed by atoms with E-state index in [0.717, 1.165) is 25.9 Å². The number of aromatic hydroxyl groups is 1. The minimum absolute atomic E-state index is 0.00643. The number of ketones is 1. The van der Waals surface area contributed by atoms with Crippen LogP contribution in [-0.2, 0) is 9.59 Å². The van der Waals surface area contributed by atoms with E-state index in [1.54, 1.807) is 36.4 Å². The number of hydrogen-bond donors (Lipinski definition) is 2. The van der Waals surface area contributed by atoms with E-state index in [-0.39, 0.29) is 22.8 Å². The highest BCUT2D eigenvalue weighted by atomic mass is 16.5. The van der Waals surface area contributed by atoms with Crippen LogP contribution in [0, 0.1) is 0 Å². The summed E-state index contributed by atoms with van der Waals surface area (Å²) in [6, 6.07) is 10.7. The number of ether oxygens (including phenoxy) is 2. The number of phenols is 1. The summed E-state index contributed by atoms with van der Waals surface area (Å²) in [5.74, 6) is -0.835. The van der Waals surface area contributed by atoms with Crippen LogP contribution in [0.2, 0.25) is 0 Å². The van der Waals surface area contributed by atoms with Crippen LogP contribution in [0.5, 0.6) is 17.2 Å². The van der Waals surface area contributed by atoms with Gasteiger partial charge in [0.05, 0.1) is 25.3 Å². The average Bonchev–Trinajstić information content (AvgIpc) is 3.14. The molecule has 1 atom stereocenters. The fraction of sp³-hybridized carbons (Fsp3) is 0.429. The average molecular weight is 497 g/mol. The van der Waals surface area contributed by atoms with Gasteiger partial charge in [0.25, 0.3) is 11.7 Å². The number of phenolic OH excluding ortho intramolecular Hbond substituents is 1. The van der Waals surface area contributed by atoms with Crippen molar-refractivity contribution in [1.29, 1.82) is 0 Å². The minimum Gasteiger partial charge on any atom is -0.507 e. The molecule has 2 aromatic carbocycles. The van der Waals surface area contributed by atoms with E-state index in [1.165, 1.54) is 18.1 Å². The zero-order valence-corrected chi connectivity index (χ0v) is 21.5. The van der Waals surface area contributed by atoms with E-state index >= 15 is 0 Å². The maximum Gasteiger partial charge on any atom is 0.295 e. The molecule has 1 fully saturated rings. The molecule has 194 valence electrons. The Hall–Kier alpha value is -3.52. The van der Waals surface area contributed by atoms with Crippen LogP contribution >= 0.6 is 0 Å². The monoisotopic (exact) mass is 496 g/mol. The Bertz CT molecular complexity index is 1090. The van der Waals surface area contributed by atoms with Crippen molar-refractivity contribution in [3.8, 4) is 17.2 Å². The van der Waals surface area contributed by atoms with Crippen LogP contribution in [0.25, 0.3) is 5.76 Å². The zero-order valence-electron chi connectivity index (χ0n) is 21.5.